The second kappa shape index (κ2) is 64.6. The zero-order valence-corrected chi connectivity index (χ0v) is 52.2. The zero-order chi connectivity index (χ0) is 58.0. The van der Waals surface area contributed by atoms with Gasteiger partial charge in [0.15, 0.2) is 6.10 Å². The molecular weight excluding hydrogens is 1010 g/mol. The van der Waals surface area contributed by atoms with Gasteiger partial charge in [-0.3, -0.25) is 18.6 Å². The summed E-state index contributed by atoms with van der Waals surface area (Å²) in [6.07, 6.45) is 89.9. The van der Waals surface area contributed by atoms with E-state index in [0.29, 0.717) is 6.42 Å². The molecule has 458 valence electrons. The monoisotopic (exact) mass is 1130 g/mol. The molecule has 80 heavy (non-hydrogen) atoms. The summed E-state index contributed by atoms with van der Waals surface area (Å²) in [6.45, 7) is 3.62. The number of nitrogens with two attached hydrogens (primary N) is 1. The minimum absolute atomic E-state index is 0.0441. The van der Waals surface area contributed by atoms with Gasteiger partial charge in [0, 0.05) is 19.4 Å². The van der Waals surface area contributed by atoms with E-state index in [1.54, 1.807) is 0 Å². The molecule has 3 N–H and O–H groups in total. The van der Waals surface area contributed by atoms with Crippen molar-refractivity contribution in [2.45, 2.75) is 283 Å². The molecule has 0 amide bonds. The Bertz CT molecular complexity index is 1720. The number of phosphoric acid groups is 1. The summed E-state index contributed by atoms with van der Waals surface area (Å²) in [7, 11) is -4.41. The molecule has 2 atom stereocenters. The number of carbonyl (C=O) groups excluding carboxylic acids is 2. The SMILES string of the molecule is CC/C=C\C/C=C\C/C=C\C/C=C\C/C=C\C/C=C\C/C=C\C/C=C\C/C=C\C/C=C\CCCCCCC(=O)OC(COC(=O)CCCCCCCCCCCCCCCCCCCCCCCCCC)COP(=O)(O)OCCN. The fraction of sp³-hybridized carbons (Fsp3) is 0.686. The third-order valence-electron chi connectivity index (χ3n) is 13.6. The van der Waals surface area contributed by atoms with E-state index in [0.717, 1.165) is 109 Å². The van der Waals surface area contributed by atoms with Crippen LogP contribution < -0.4 is 5.73 Å². The highest BCUT2D eigenvalue weighted by Crippen LogP contribution is 2.43. The summed E-state index contributed by atoms with van der Waals surface area (Å²) >= 11 is 0. The number of hydrogen-bond acceptors (Lipinski definition) is 8. The topological polar surface area (TPSA) is 134 Å². The molecule has 0 heterocycles. The fourth-order valence-electron chi connectivity index (χ4n) is 8.84. The molecule has 0 fully saturated rings. The Morgan fingerprint density at radius 2 is 0.688 bits per heavy atom. The normalized spacial score (nSPS) is 13.8. The van der Waals surface area contributed by atoms with Crippen molar-refractivity contribution in [3.05, 3.63) is 122 Å². The highest BCUT2D eigenvalue weighted by molar-refractivity contribution is 7.47. The van der Waals surface area contributed by atoms with E-state index >= 15 is 0 Å². The Hall–Kier alpha value is -3.59. The van der Waals surface area contributed by atoms with Gasteiger partial charge in [0.25, 0.3) is 0 Å². The van der Waals surface area contributed by atoms with Gasteiger partial charge in [0.1, 0.15) is 6.61 Å². The van der Waals surface area contributed by atoms with E-state index < -0.39 is 26.5 Å². The summed E-state index contributed by atoms with van der Waals surface area (Å²) < 4.78 is 33.1. The maximum absolute atomic E-state index is 12.7. The number of phosphoric ester groups is 1. The largest absolute Gasteiger partial charge is 0.472 e. The van der Waals surface area contributed by atoms with Gasteiger partial charge in [-0.15, -0.1) is 0 Å². The van der Waals surface area contributed by atoms with E-state index in [9.17, 15) is 19.0 Å². The predicted molar refractivity (Wildman–Crippen MR) is 344 cm³/mol. The van der Waals surface area contributed by atoms with Crippen molar-refractivity contribution in [1.29, 1.82) is 0 Å². The molecule has 0 spiro atoms. The minimum Gasteiger partial charge on any atom is -0.462 e. The Morgan fingerprint density at radius 3 is 1.02 bits per heavy atom. The number of esters is 2. The van der Waals surface area contributed by atoms with E-state index in [4.69, 9.17) is 24.3 Å². The molecule has 0 aliphatic rings. The lowest BCUT2D eigenvalue weighted by molar-refractivity contribution is -0.161. The van der Waals surface area contributed by atoms with Gasteiger partial charge in [-0.1, -0.05) is 296 Å². The van der Waals surface area contributed by atoms with E-state index in [1.807, 2.05) is 0 Å². The Labute approximate surface area is 491 Å². The Kier molecular flexibility index (Phi) is 61.7. The van der Waals surface area contributed by atoms with Crippen LogP contribution in [0, 0.1) is 0 Å². The van der Waals surface area contributed by atoms with Crippen molar-refractivity contribution in [2.24, 2.45) is 5.73 Å². The molecule has 0 aromatic carbocycles. The van der Waals surface area contributed by atoms with Crippen molar-refractivity contribution in [3.63, 3.8) is 0 Å². The van der Waals surface area contributed by atoms with Crippen LogP contribution in [0.4, 0.5) is 0 Å². The minimum atomic E-state index is -4.41. The van der Waals surface area contributed by atoms with Crippen LogP contribution in [-0.4, -0.2) is 49.3 Å². The van der Waals surface area contributed by atoms with Crippen LogP contribution in [0.25, 0.3) is 0 Å². The fourth-order valence-corrected chi connectivity index (χ4v) is 9.61. The molecule has 0 aromatic heterocycles. The molecule has 0 aliphatic heterocycles. The molecule has 0 aliphatic carbocycles. The first-order chi connectivity index (χ1) is 39.3. The van der Waals surface area contributed by atoms with Crippen LogP contribution in [0.1, 0.15) is 277 Å². The molecular formula is C70H120NO8P. The highest BCUT2D eigenvalue weighted by atomic mass is 31.2. The molecule has 0 saturated heterocycles. The van der Waals surface area contributed by atoms with Crippen molar-refractivity contribution in [1.82, 2.24) is 0 Å². The Balaban J connectivity index is 4.03. The van der Waals surface area contributed by atoms with E-state index in [2.05, 4.69) is 135 Å². The van der Waals surface area contributed by atoms with Crippen LogP contribution in [0.3, 0.4) is 0 Å². The lowest BCUT2D eigenvalue weighted by Crippen LogP contribution is -2.29. The average molecular weight is 1130 g/mol. The van der Waals surface area contributed by atoms with Gasteiger partial charge in [0.05, 0.1) is 13.2 Å². The van der Waals surface area contributed by atoms with E-state index in [-0.39, 0.29) is 38.6 Å². The first-order valence-corrected chi connectivity index (χ1v) is 34.0. The summed E-state index contributed by atoms with van der Waals surface area (Å²) in [5.41, 5.74) is 5.39. The second-order valence-corrected chi connectivity index (χ2v) is 22.7. The van der Waals surface area contributed by atoms with Crippen molar-refractivity contribution in [3.8, 4) is 0 Å². The maximum Gasteiger partial charge on any atom is 0.472 e. The number of rotatable bonds is 60. The van der Waals surface area contributed by atoms with Crippen LogP contribution in [-0.2, 0) is 32.7 Å². The lowest BCUT2D eigenvalue weighted by atomic mass is 10.0. The van der Waals surface area contributed by atoms with Crippen LogP contribution in [0.5, 0.6) is 0 Å². The maximum atomic E-state index is 12.7. The molecule has 0 rings (SSSR count). The highest BCUT2D eigenvalue weighted by Gasteiger charge is 2.26. The summed E-state index contributed by atoms with van der Waals surface area (Å²) in [6, 6.07) is 0. The molecule has 0 saturated carbocycles. The number of allylic oxidation sites excluding steroid dienone is 20. The summed E-state index contributed by atoms with van der Waals surface area (Å²) in [4.78, 5) is 35.3. The van der Waals surface area contributed by atoms with Crippen molar-refractivity contribution in [2.75, 3.05) is 26.4 Å². The third-order valence-corrected chi connectivity index (χ3v) is 14.6. The Morgan fingerprint density at radius 1 is 0.388 bits per heavy atom. The number of carbonyl (C=O) groups is 2. The second-order valence-electron chi connectivity index (χ2n) is 21.3. The van der Waals surface area contributed by atoms with E-state index in [1.165, 1.54) is 135 Å². The molecule has 0 bridgehead atoms. The molecule has 0 aromatic rings. The standard InChI is InChI=1S/C70H120NO8P/c1-3-5-7-9-11-13-15-17-19-21-23-25-27-29-30-31-32-33-34-35-36-37-38-39-41-43-45-47-49-51-53-55-57-59-61-63-70(73)79-68(67-78-80(74,75)77-65-64-71)66-76-69(72)62-60-58-56-54-52-50-48-46-44-42-40-28-26-24-22-20-18-16-14-12-10-8-6-4-2/h5,7,11,13,17,19,23,25,29-30,32-33,35-36,38-39,43,45,49,51,68H,3-4,6,8-10,12,14-16,18,20-22,24,26-28,31,34,37,40-42,44,46-48,50,52-67,71H2,1-2H3,(H,74,75)/b7-5-,13-11-,19-17-,25-23-,30-29-,33-32-,36-35-,39-38-,45-43-,51-49-. The first-order valence-electron chi connectivity index (χ1n) is 32.5. The number of hydrogen-bond donors (Lipinski definition) is 2. The summed E-state index contributed by atoms with van der Waals surface area (Å²) in [5.74, 6) is -0.855. The third kappa shape index (κ3) is 63.6. The average Bonchev–Trinajstić information content (AvgIpc) is 3.45. The molecule has 10 heteroatoms. The van der Waals surface area contributed by atoms with Gasteiger partial charge in [-0.25, -0.2) is 4.57 Å². The molecule has 2 unspecified atom stereocenters. The quantitative estimate of drug-likeness (QED) is 0.0264. The van der Waals surface area contributed by atoms with Crippen LogP contribution in [0.2, 0.25) is 0 Å². The lowest BCUT2D eigenvalue weighted by Gasteiger charge is -2.19. The van der Waals surface area contributed by atoms with Crippen LogP contribution >= 0.6 is 7.82 Å². The zero-order valence-electron chi connectivity index (χ0n) is 51.3. The van der Waals surface area contributed by atoms with Gasteiger partial charge in [-0.2, -0.15) is 0 Å². The smallest absolute Gasteiger partial charge is 0.462 e. The first kappa shape index (κ1) is 76.4. The van der Waals surface area contributed by atoms with Crippen molar-refractivity contribution >= 4 is 19.8 Å². The molecule has 0 radical (unpaired) electrons. The van der Waals surface area contributed by atoms with Gasteiger partial charge in [0.2, 0.25) is 0 Å². The predicted octanol–water partition coefficient (Wildman–Crippen LogP) is 21.1. The number of unbranched alkanes of at least 4 members (excludes halogenated alkanes) is 27. The van der Waals surface area contributed by atoms with Gasteiger partial charge in [-0.05, 0) is 89.9 Å². The van der Waals surface area contributed by atoms with Gasteiger partial charge < -0.3 is 20.1 Å². The van der Waals surface area contributed by atoms with Crippen molar-refractivity contribution < 1.29 is 37.6 Å². The van der Waals surface area contributed by atoms with Gasteiger partial charge >= 0.3 is 19.8 Å². The summed E-state index contributed by atoms with van der Waals surface area (Å²) in [5, 5.41) is 0. The number of ether oxygens (including phenoxy) is 2. The molecule has 9 nitrogen and oxygen atoms in total. The van der Waals surface area contributed by atoms with Crippen LogP contribution in [0.15, 0.2) is 122 Å².